The van der Waals surface area contributed by atoms with Crippen LogP contribution >= 0.6 is 0 Å². The average molecular weight is 332 g/mol. The number of carbonyl (C=O) groups is 1. The number of nitrogens with one attached hydrogen (secondary N) is 1. The second kappa shape index (κ2) is 10.3. The van der Waals surface area contributed by atoms with E-state index in [1.807, 2.05) is 0 Å². The maximum absolute atomic E-state index is 11.7. The Morgan fingerprint density at radius 3 is 2.62 bits per heavy atom. The van der Waals surface area contributed by atoms with E-state index in [1.54, 1.807) is 0 Å². The van der Waals surface area contributed by atoms with E-state index < -0.39 is 0 Å². The Balaban J connectivity index is 1.55. The highest BCUT2D eigenvalue weighted by atomic mass is 16.5. The summed E-state index contributed by atoms with van der Waals surface area (Å²) in [6.45, 7) is 8.84. The molecule has 1 heterocycles. The summed E-state index contributed by atoms with van der Waals surface area (Å²) in [5.41, 5.74) is 1.37. The van der Waals surface area contributed by atoms with Gasteiger partial charge in [-0.2, -0.15) is 0 Å². The molecule has 1 aliphatic rings. The number of likely N-dealkylation sites (tertiary alicyclic amines) is 1. The van der Waals surface area contributed by atoms with E-state index in [1.165, 1.54) is 5.56 Å². The monoisotopic (exact) mass is 332 g/mol. The van der Waals surface area contributed by atoms with Gasteiger partial charge in [-0.1, -0.05) is 44.2 Å². The van der Waals surface area contributed by atoms with Gasteiger partial charge in [0.05, 0.1) is 6.61 Å². The quantitative estimate of drug-likeness (QED) is 0.730. The van der Waals surface area contributed by atoms with Crippen LogP contribution in [-0.4, -0.2) is 37.2 Å². The summed E-state index contributed by atoms with van der Waals surface area (Å²) in [6, 6.07) is 10.6. The first-order valence-corrected chi connectivity index (χ1v) is 9.30. The van der Waals surface area contributed by atoms with E-state index in [0.717, 1.165) is 45.3 Å². The summed E-state index contributed by atoms with van der Waals surface area (Å²) >= 11 is 0. The fourth-order valence-electron chi connectivity index (χ4n) is 3.10. The highest BCUT2D eigenvalue weighted by Crippen LogP contribution is 2.19. The summed E-state index contributed by atoms with van der Waals surface area (Å²) in [5.74, 6) is 1.18. The van der Waals surface area contributed by atoms with Crippen molar-refractivity contribution in [3.8, 4) is 0 Å². The van der Waals surface area contributed by atoms with Crippen molar-refractivity contribution in [3.63, 3.8) is 0 Å². The first-order valence-electron chi connectivity index (χ1n) is 9.30. The second-order valence-corrected chi connectivity index (χ2v) is 7.27. The molecule has 1 fully saturated rings. The Hall–Kier alpha value is -1.55. The molecule has 0 aromatic heterocycles. The minimum atomic E-state index is -0.259. The van der Waals surface area contributed by atoms with E-state index in [0.29, 0.717) is 25.0 Å². The smallest absolute Gasteiger partial charge is 0.407 e. The standard InChI is InChI=1S/C20H32N2O2/c1-17(2)7-6-12-21-20(23)24-16-19-10-13-22(14-11-19)15-18-8-4-3-5-9-18/h3-5,8-9,17,19H,6-7,10-16H2,1-2H3,(H,21,23). The van der Waals surface area contributed by atoms with Crippen molar-refractivity contribution in [3.05, 3.63) is 35.9 Å². The molecule has 0 atom stereocenters. The summed E-state index contributed by atoms with van der Waals surface area (Å²) in [7, 11) is 0. The number of rotatable bonds is 8. The number of amides is 1. The van der Waals surface area contributed by atoms with Gasteiger partial charge in [0, 0.05) is 13.1 Å². The number of piperidine rings is 1. The number of benzene rings is 1. The molecule has 0 unspecified atom stereocenters. The van der Waals surface area contributed by atoms with Crippen molar-refractivity contribution in [1.29, 1.82) is 0 Å². The van der Waals surface area contributed by atoms with Crippen LogP contribution in [0.5, 0.6) is 0 Å². The molecule has 4 nitrogen and oxygen atoms in total. The normalized spacial score (nSPS) is 16.3. The molecular weight excluding hydrogens is 300 g/mol. The lowest BCUT2D eigenvalue weighted by Crippen LogP contribution is -2.36. The van der Waals surface area contributed by atoms with Crippen molar-refractivity contribution in [2.75, 3.05) is 26.2 Å². The highest BCUT2D eigenvalue weighted by Gasteiger charge is 2.20. The number of carbonyl (C=O) groups excluding carboxylic acids is 1. The number of hydrogen-bond donors (Lipinski definition) is 1. The largest absolute Gasteiger partial charge is 0.449 e. The van der Waals surface area contributed by atoms with E-state index in [4.69, 9.17) is 4.74 Å². The van der Waals surface area contributed by atoms with Gasteiger partial charge in [0.25, 0.3) is 0 Å². The number of alkyl carbamates (subject to hydrolysis) is 1. The van der Waals surface area contributed by atoms with Gasteiger partial charge in [0.15, 0.2) is 0 Å². The summed E-state index contributed by atoms with van der Waals surface area (Å²) in [5, 5.41) is 2.85. The van der Waals surface area contributed by atoms with Gasteiger partial charge >= 0.3 is 6.09 Å². The van der Waals surface area contributed by atoms with Crippen molar-refractivity contribution < 1.29 is 9.53 Å². The molecule has 24 heavy (non-hydrogen) atoms. The van der Waals surface area contributed by atoms with Crippen LogP contribution in [0.3, 0.4) is 0 Å². The van der Waals surface area contributed by atoms with E-state index in [-0.39, 0.29) is 6.09 Å². The van der Waals surface area contributed by atoms with Crippen LogP contribution in [-0.2, 0) is 11.3 Å². The third-order valence-electron chi connectivity index (χ3n) is 4.63. The Morgan fingerprint density at radius 1 is 1.25 bits per heavy atom. The molecule has 1 N–H and O–H groups in total. The van der Waals surface area contributed by atoms with E-state index in [2.05, 4.69) is 54.4 Å². The first-order chi connectivity index (χ1) is 11.6. The molecule has 1 aromatic carbocycles. The summed E-state index contributed by atoms with van der Waals surface area (Å²) in [4.78, 5) is 14.2. The highest BCUT2D eigenvalue weighted by molar-refractivity contribution is 5.67. The van der Waals surface area contributed by atoms with Crippen molar-refractivity contribution in [2.24, 2.45) is 11.8 Å². The molecule has 0 radical (unpaired) electrons. The van der Waals surface area contributed by atoms with E-state index >= 15 is 0 Å². The number of nitrogens with zero attached hydrogens (tertiary/aromatic N) is 1. The number of ether oxygens (including phenoxy) is 1. The second-order valence-electron chi connectivity index (χ2n) is 7.27. The van der Waals surface area contributed by atoms with Crippen LogP contribution < -0.4 is 5.32 Å². The van der Waals surface area contributed by atoms with Gasteiger partial charge in [0.1, 0.15) is 0 Å². The molecule has 4 heteroatoms. The van der Waals surface area contributed by atoms with E-state index in [9.17, 15) is 4.79 Å². The molecule has 0 bridgehead atoms. The minimum Gasteiger partial charge on any atom is -0.449 e. The van der Waals surface area contributed by atoms with Crippen LogP contribution in [0.25, 0.3) is 0 Å². The Morgan fingerprint density at radius 2 is 1.96 bits per heavy atom. The van der Waals surface area contributed by atoms with Gasteiger partial charge in [-0.3, -0.25) is 4.90 Å². The molecule has 134 valence electrons. The maximum Gasteiger partial charge on any atom is 0.407 e. The Bertz CT molecular complexity index is 468. The van der Waals surface area contributed by atoms with Crippen LogP contribution in [0, 0.1) is 11.8 Å². The molecule has 1 aliphatic heterocycles. The van der Waals surface area contributed by atoms with Gasteiger partial charge < -0.3 is 10.1 Å². The Kier molecular flexibility index (Phi) is 8.10. The topological polar surface area (TPSA) is 41.6 Å². The fraction of sp³-hybridized carbons (Fsp3) is 0.650. The van der Waals surface area contributed by atoms with Crippen molar-refractivity contribution >= 4 is 6.09 Å². The molecule has 2 rings (SSSR count). The molecule has 1 aromatic rings. The molecular formula is C20H32N2O2. The summed E-state index contributed by atoms with van der Waals surface area (Å²) < 4.78 is 5.37. The van der Waals surface area contributed by atoms with Crippen molar-refractivity contribution in [1.82, 2.24) is 10.2 Å². The fourth-order valence-corrected chi connectivity index (χ4v) is 3.10. The molecule has 1 amide bonds. The molecule has 0 saturated carbocycles. The third-order valence-corrected chi connectivity index (χ3v) is 4.63. The predicted octanol–water partition coefficient (Wildman–Crippen LogP) is 4.06. The minimum absolute atomic E-state index is 0.259. The zero-order chi connectivity index (χ0) is 17.2. The molecule has 0 aliphatic carbocycles. The zero-order valence-electron chi connectivity index (χ0n) is 15.2. The summed E-state index contributed by atoms with van der Waals surface area (Å²) in [6.07, 6.45) is 4.11. The van der Waals surface area contributed by atoms with Gasteiger partial charge in [-0.05, 0) is 56.2 Å². The van der Waals surface area contributed by atoms with Gasteiger partial charge in [0.2, 0.25) is 0 Å². The average Bonchev–Trinajstić information content (AvgIpc) is 2.59. The predicted molar refractivity (Wildman–Crippen MR) is 97.9 cm³/mol. The number of hydrogen-bond acceptors (Lipinski definition) is 3. The molecule has 0 spiro atoms. The van der Waals surface area contributed by atoms with Crippen LogP contribution in [0.4, 0.5) is 4.79 Å². The SMILES string of the molecule is CC(C)CCCNC(=O)OCC1CCN(Cc2ccccc2)CC1. The first kappa shape index (κ1) is 18.8. The Labute approximate surface area is 146 Å². The lowest BCUT2D eigenvalue weighted by atomic mass is 9.97. The van der Waals surface area contributed by atoms with Crippen LogP contribution in [0.15, 0.2) is 30.3 Å². The van der Waals surface area contributed by atoms with Crippen LogP contribution in [0.1, 0.15) is 45.1 Å². The maximum atomic E-state index is 11.7. The van der Waals surface area contributed by atoms with Crippen molar-refractivity contribution in [2.45, 2.75) is 46.1 Å². The molecule has 1 saturated heterocycles. The third kappa shape index (κ3) is 7.35. The van der Waals surface area contributed by atoms with Crippen LogP contribution in [0.2, 0.25) is 0 Å². The van der Waals surface area contributed by atoms with Gasteiger partial charge in [-0.25, -0.2) is 4.79 Å². The zero-order valence-corrected chi connectivity index (χ0v) is 15.2. The lowest BCUT2D eigenvalue weighted by molar-refractivity contribution is 0.0943. The van der Waals surface area contributed by atoms with Gasteiger partial charge in [-0.15, -0.1) is 0 Å². The lowest BCUT2D eigenvalue weighted by Gasteiger charge is -2.31.